The lowest BCUT2D eigenvalue weighted by Gasteiger charge is -2.16. The van der Waals surface area contributed by atoms with Crippen molar-refractivity contribution in [3.05, 3.63) is 138 Å². The normalized spacial score (nSPS) is 13.9. The van der Waals surface area contributed by atoms with E-state index in [0.29, 0.717) is 15.8 Å². The van der Waals surface area contributed by atoms with Crippen molar-refractivity contribution >= 4 is 46.2 Å². The van der Waals surface area contributed by atoms with Crippen LogP contribution in [0, 0.1) is 0 Å². The summed E-state index contributed by atoms with van der Waals surface area (Å²) in [7, 11) is -3.31. The van der Waals surface area contributed by atoms with Gasteiger partial charge in [0.2, 0.25) is 7.29 Å². The minimum Gasteiger partial charge on any atom is -0.330 e. The highest BCUT2D eigenvalue weighted by atomic mass is 35.5. The van der Waals surface area contributed by atoms with E-state index in [4.69, 9.17) is 23.2 Å². The van der Waals surface area contributed by atoms with Crippen molar-refractivity contribution in [1.82, 2.24) is 0 Å². The van der Waals surface area contributed by atoms with Crippen LogP contribution in [0.25, 0.3) is 21.2 Å². The average molecular weight is 490 g/mol. The molecule has 0 aliphatic carbocycles. The van der Waals surface area contributed by atoms with Crippen molar-refractivity contribution < 1.29 is 4.57 Å². The van der Waals surface area contributed by atoms with Crippen molar-refractivity contribution in [2.75, 3.05) is 5.09 Å². The maximum atomic E-state index is 14.1. The summed E-state index contributed by atoms with van der Waals surface area (Å²) in [5.41, 5.74) is 4.47. The third-order valence-corrected chi connectivity index (χ3v) is 7.86. The summed E-state index contributed by atoms with van der Waals surface area (Å²) in [6.07, 6.45) is 0. The fraction of sp³-hybridized carbons (Fsp3) is 0. The molecule has 164 valence electrons. The van der Waals surface area contributed by atoms with E-state index in [1.54, 1.807) is 11.6 Å². The van der Waals surface area contributed by atoms with Gasteiger partial charge in [-0.25, -0.2) is 0 Å². The summed E-state index contributed by atoms with van der Waals surface area (Å²) in [6, 6.07) is 36.8. The molecular weight excluding hydrogens is 468 g/mol. The van der Waals surface area contributed by atoms with Crippen LogP contribution < -0.4 is 5.09 Å². The molecule has 4 rings (SSSR count). The Morgan fingerprint density at radius 1 is 0.576 bits per heavy atom. The molecule has 4 aromatic carbocycles. The summed E-state index contributed by atoms with van der Waals surface area (Å²) >= 11 is 13.1. The third kappa shape index (κ3) is 6.27. The molecule has 2 nitrogen and oxygen atoms in total. The molecule has 5 heteroatoms. The SMILES string of the molecule is O=P(C=C(Cl)c1ccccc1)(C=C(Cl)c1ccccc1)Nc1ccc(-c2ccccc2)cc1. The van der Waals surface area contributed by atoms with Crippen molar-refractivity contribution in [2.24, 2.45) is 0 Å². The average Bonchev–Trinajstić information content (AvgIpc) is 2.86. The standard InChI is InChI=1S/C28H22Cl2NOP/c29-27(24-12-6-2-7-13-24)20-33(32,21-28(30)25-14-8-3-9-15-25)31-26-18-16-23(17-19-26)22-10-4-1-5-11-22/h1-21H,(H,31,32). The minimum atomic E-state index is -3.31. The Labute approximate surface area is 204 Å². The molecule has 0 aliphatic rings. The fourth-order valence-electron chi connectivity index (χ4n) is 3.35. The number of anilines is 1. The molecule has 0 saturated heterocycles. The molecule has 0 saturated carbocycles. The van der Waals surface area contributed by atoms with Gasteiger partial charge in [-0.3, -0.25) is 4.57 Å². The first-order valence-electron chi connectivity index (χ1n) is 10.4. The van der Waals surface area contributed by atoms with E-state index in [9.17, 15) is 4.57 Å². The zero-order chi connectivity index (χ0) is 23.1. The predicted molar refractivity (Wildman–Crippen MR) is 144 cm³/mol. The van der Waals surface area contributed by atoms with E-state index >= 15 is 0 Å². The van der Waals surface area contributed by atoms with Crippen molar-refractivity contribution in [3.8, 4) is 11.1 Å². The lowest BCUT2D eigenvalue weighted by atomic mass is 10.1. The van der Waals surface area contributed by atoms with E-state index in [2.05, 4.69) is 17.2 Å². The summed E-state index contributed by atoms with van der Waals surface area (Å²) in [4.78, 5) is 0. The molecule has 0 aromatic heterocycles. The Morgan fingerprint density at radius 2 is 0.970 bits per heavy atom. The third-order valence-electron chi connectivity index (χ3n) is 5.01. The first-order chi connectivity index (χ1) is 16.0. The minimum absolute atomic E-state index is 0.390. The largest absolute Gasteiger partial charge is 0.330 e. The van der Waals surface area contributed by atoms with Crippen LogP contribution in [0.2, 0.25) is 0 Å². The Morgan fingerprint density at radius 3 is 1.42 bits per heavy atom. The highest BCUT2D eigenvalue weighted by Gasteiger charge is 2.19. The Balaban J connectivity index is 1.69. The second kappa shape index (κ2) is 10.7. The van der Waals surface area contributed by atoms with Crippen LogP contribution in [0.15, 0.2) is 127 Å². The molecular formula is C28H22Cl2NOP. The van der Waals surface area contributed by atoms with Gasteiger partial charge in [0.1, 0.15) is 0 Å². The Kier molecular flexibility index (Phi) is 7.52. The zero-order valence-corrected chi connectivity index (χ0v) is 20.1. The number of rotatable bonds is 7. The van der Waals surface area contributed by atoms with E-state index in [-0.39, 0.29) is 0 Å². The van der Waals surface area contributed by atoms with Gasteiger partial charge in [-0.05, 0) is 34.4 Å². The van der Waals surface area contributed by atoms with Crippen LogP contribution >= 0.6 is 30.5 Å². The number of nitrogens with one attached hydrogen (secondary N) is 1. The number of benzene rings is 4. The van der Waals surface area contributed by atoms with Crippen molar-refractivity contribution in [2.45, 2.75) is 0 Å². The van der Waals surface area contributed by atoms with E-state index in [1.807, 2.05) is 103 Å². The van der Waals surface area contributed by atoms with Gasteiger partial charge < -0.3 is 5.09 Å². The van der Waals surface area contributed by atoms with Crippen LogP contribution in [0.4, 0.5) is 5.69 Å². The van der Waals surface area contributed by atoms with Crippen molar-refractivity contribution in [3.63, 3.8) is 0 Å². The van der Waals surface area contributed by atoms with Gasteiger partial charge >= 0.3 is 0 Å². The lowest BCUT2D eigenvalue weighted by molar-refractivity contribution is 0.589. The van der Waals surface area contributed by atoms with Crippen LogP contribution in [0.3, 0.4) is 0 Å². The van der Waals surface area contributed by atoms with E-state index < -0.39 is 7.29 Å². The summed E-state index contributed by atoms with van der Waals surface area (Å²) in [6.45, 7) is 0. The molecule has 0 heterocycles. The van der Waals surface area contributed by atoms with Gasteiger partial charge in [-0.1, -0.05) is 126 Å². The van der Waals surface area contributed by atoms with Gasteiger partial charge in [-0.2, -0.15) is 0 Å². The van der Waals surface area contributed by atoms with Gasteiger partial charge in [-0.15, -0.1) is 0 Å². The van der Waals surface area contributed by atoms with Crippen LogP contribution in [-0.2, 0) is 4.57 Å². The molecule has 0 fully saturated rings. The number of hydrogen-bond acceptors (Lipinski definition) is 1. The summed E-state index contributed by atoms with van der Waals surface area (Å²) in [5.74, 6) is 3.11. The molecule has 33 heavy (non-hydrogen) atoms. The second-order valence-electron chi connectivity index (χ2n) is 7.45. The van der Waals surface area contributed by atoms with E-state index in [1.165, 1.54) is 0 Å². The molecule has 0 aliphatic heterocycles. The van der Waals surface area contributed by atoms with Crippen LogP contribution in [-0.4, -0.2) is 0 Å². The maximum absolute atomic E-state index is 14.1. The summed E-state index contributed by atoms with van der Waals surface area (Å²) in [5, 5.41) is 3.95. The molecule has 1 N–H and O–H groups in total. The van der Waals surface area contributed by atoms with Crippen molar-refractivity contribution in [1.29, 1.82) is 0 Å². The first-order valence-corrected chi connectivity index (χ1v) is 13.0. The van der Waals surface area contributed by atoms with Crippen LogP contribution in [0.1, 0.15) is 11.1 Å². The topological polar surface area (TPSA) is 29.1 Å². The van der Waals surface area contributed by atoms with Gasteiger partial charge in [0.05, 0.1) is 10.1 Å². The Bertz CT molecular complexity index is 1240. The molecule has 0 amide bonds. The highest BCUT2D eigenvalue weighted by Crippen LogP contribution is 2.53. The molecule has 0 unspecified atom stereocenters. The van der Waals surface area contributed by atoms with Gasteiger partial charge in [0.15, 0.2) is 0 Å². The number of halogens is 2. The Hall–Kier alpha value is -3.03. The lowest BCUT2D eigenvalue weighted by Crippen LogP contribution is -1.94. The first kappa shape index (κ1) is 23.1. The van der Waals surface area contributed by atoms with E-state index in [0.717, 1.165) is 22.3 Å². The van der Waals surface area contributed by atoms with Crippen LogP contribution in [0.5, 0.6) is 0 Å². The molecule has 0 spiro atoms. The number of hydrogen-bond donors (Lipinski definition) is 1. The maximum Gasteiger partial charge on any atom is 0.216 e. The summed E-state index contributed by atoms with van der Waals surface area (Å²) < 4.78 is 14.1. The molecule has 4 aromatic rings. The highest BCUT2D eigenvalue weighted by molar-refractivity contribution is 7.72. The smallest absolute Gasteiger partial charge is 0.216 e. The second-order valence-corrected chi connectivity index (χ2v) is 10.4. The molecule has 0 bridgehead atoms. The molecule has 0 atom stereocenters. The zero-order valence-electron chi connectivity index (χ0n) is 17.7. The monoisotopic (exact) mass is 489 g/mol. The quantitative estimate of drug-likeness (QED) is 0.262. The van der Waals surface area contributed by atoms with Gasteiger partial charge in [0, 0.05) is 17.3 Å². The molecule has 0 radical (unpaired) electrons. The fourth-order valence-corrected chi connectivity index (χ4v) is 6.20. The predicted octanol–water partition coefficient (Wildman–Crippen LogP) is 9.52. The van der Waals surface area contributed by atoms with Gasteiger partial charge in [0.25, 0.3) is 0 Å².